The molecular formula is C11H11ClF3N3. The summed E-state index contributed by atoms with van der Waals surface area (Å²) in [7, 11) is 0. The summed E-state index contributed by atoms with van der Waals surface area (Å²) in [6.45, 7) is 0.724. The number of halogens is 4. The Kier molecular flexibility index (Phi) is 3.47. The van der Waals surface area contributed by atoms with Crippen LogP contribution in [-0.2, 0) is 13.0 Å². The van der Waals surface area contributed by atoms with Crippen LogP contribution >= 0.6 is 11.6 Å². The van der Waals surface area contributed by atoms with Gasteiger partial charge >= 0.3 is 6.18 Å². The molecule has 0 spiro atoms. The van der Waals surface area contributed by atoms with E-state index in [1.165, 1.54) is 6.20 Å². The van der Waals surface area contributed by atoms with Gasteiger partial charge in [-0.05, 0) is 18.6 Å². The van der Waals surface area contributed by atoms with Gasteiger partial charge in [-0.1, -0.05) is 0 Å². The fourth-order valence-electron chi connectivity index (χ4n) is 1.78. The van der Waals surface area contributed by atoms with E-state index in [0.717, 1.165) is 10.1 Å². The van der Waals surface area contributed by atoms with Gasteiger partial charge in [-0.25, -0.2) is 9.97 Å². The molecule has 2 aromatic rings. The van der Waals surface area contributed by atoms with Crippen LogP contribution in [0.1, 0.15) is 11.4 Å². The Hall–Kier alpha value is -1.30. The number of imidazole rings is 1. The smallest absolute Gasteiger partial charge is 0.303 e. The van der Waals surface area contributed by atoms with Gasteiger partial charge in [-0.15, -0.1) is 11.6 Å². The van der Waals surface area contributed by atoms with Crippen LogP contribution in [0.2, 0.25) is 0 Å². The van der Waals surface area contributed by atoms with E-state index in [9.17, 15) is 13.2 Å². The number of aryl methyl sites for hydroxylation is 2. The molecular weight excluding hydrogens is 267 g/mol. The van der Waals surface area contributed by atoms with Crippen molar-refractivity contribution in [1.82, 2.24) is 14.5 Å². The van der Waals surface area contributed by atoms with Gasteiger partial charge in [-0.3, -0.25) is 0 Å². The van der Waals surface area contributed by atoms with Crippen molar-refractivity contribution in [3.05, 3.63) is 23.7 Å². The Morgan fingerprint density at radius 1 is 1.39 bits per heavy atom. The van der Waals surface area contributed by atoms with Crippen LogP contribution in [0, 0.1) is 6.92 Å². The predicted molar refractivity (Wildman–Crippen MR) is 62.7 cm³/mol. The standard InChI is InChI=1S/C11H11ClF3N3/c1-7-4-8-10(16-5-7)18(6-11(13,14)15)9(17-8)2-3-12/h4-5H,2-3,6H2,1H3. The van der Waals surface area contributed by atoms with Crippen LogP contribution in [0.25, 0.3) is 11.2 Å². The highest BCUT2D eigenvalue weighted by Gasteiger charge is 2.30. The lowest BCUT2D eigenvalue weighted by molar-refractivity contribution is -0.140. The molecule has 0 aliphatic rings. The Morgan fingerprint density at radius 3 is 2.72 bits per heavy atom. The lowest BCUT2D eigenvalue weighted by Crippen LogP contribution is -2.20. The van der Waals surface area contributed by atoms with E-state index in [4.69, 9.17) is 11.6 Å². The number of hydrogen-bond acceptors (Lipinski definition) is 2. The van der Waals surface area contributed by atoms with Gasteiger partial charge < -0.3 is 4.57 Å². The third-order valence-electron chi connectivity index (χ3n) is 2.46. The first kappa shape index (κ1) is 13.1. The van der Waals surface area contributed by atoms with Gasteiger partial charge in [0.1, 0.15) is 17.9 Å². The highest BCUT2D eigenvalue weighted by Crippen LogP contribution is 2.23. The zero-order valence-corrected chi connectivity index (χ0v) is 10.4. The van der Waals surface area contributed by atoms with E-state index in [0.29, 0.717) is 11.3 Å². The molecule has 7 heteroatoms. The molecule has 98 valence electrons. The highest BCUT2D eigenvalue weighted by molar-refractivity contribution is 6.17. The highest BCUT2D eigenvalue weighted by atomic mass is 35.5. The summed E-state index contributed by atoms with van der Waals surface area (Å²) < 4.78 is 38.7. The normalized spacial score (nSPS) is 12.3. The first-order valence-electron chi connectivity index (χ1n) is 5.35. The van der Waals surface area contributed by atoms with Crippen LogP contribution < -0.4 is 0 Å². The van der Waals surface area contributed by atoms with Crippen molar-refractivity contribution in [1.29, 1.82) is 0 Å². The van der Waals surface area contributed by atoms with Gasteiger partial charge in [0.15, 0.2) is 5.65 Å². The maximum absolute atomic E-state index is 12.5. The molecule has 0 amide bonds. The summed E-state index contributed by atoms with van der Waals surface area (Å²) in [6, 6.07) is 1.72. The summed E-state index contributed by atoms with van der Waals surface area (Å²) in [5.41, 5.74) is 1.58. The molecule has 18 heavy (non-hydrogen) atoms. The Bertz CT molecular complexity index is 562. The average molecular weight is 278 g/mol. The molecule has 0 N–H and O–H groups in total. The van der Waals surface area contributed by atoms with Gasteiger partial charge in [0.2, 0.25) is 0 Å². The number of fused-ring (bicyclic) bond motifs is 1. The van der Waals surface area contributed by atoms with Crippen LogP contribution in [0.5, 0.6) is 0 Å². The van der Waals surface area contributed by atoms with Gasteiger partial charge in [0.25, 0.3) is 0 Å². The fraction of sp³-hybridized carbons (Fsp3) is 0.455. The summed E-state index contributed by atoms with van der Waals surface area (Å²) in [5.74, 6) is 0.538. The van der Waals surface area contributed by atoms with Gasteiger partial charge in [0, 0.05) is 18.5 Å². The minimum Gasteiger partial charge on any atom is -0.303 e. The molecule has 0 saturated carbocycles. The third kappa shape index (κ3) is 2.75. The average Bonchev–Trinajstić information content (AvgIpc) is 2.54. The SMILES string of the molecule is Cc1cnc2c(c1)nc(CCCl)n2CC(F)(F)F. The molecule has 0 aliphatic heterocycles. The van der Waals surface area contributed by atoms with Crippen molar-refractivity contribution in [2.45, 2.75) is 26.1 Å². The second kappa shape index (κ2) is 4.76. The Labute approximate surface area is 107 Å². The van der Waals surface area contributed by atoms with E-state index in [2.05, 4.69) is 9.97 Å². The topological polar surface area (TPSA) is 30.7 Å². The number of aromatic nitrogens is 3. The van der Waals surface area contributed by atoms with Gasteiger partial charge in [-0.2, -0.15) is 13.2 Å². The monoisotopic (exact) mass is 277 g/mol. The third-order valence-corrected chi connectivity index (χ3v) is 2.65. The fourth-order valence-corrected chi connectivity index (χ4v) is 1.95. The first-order chi connectivity index (χ1) is 8.40. The first-order valence-corrected chi connectivity index (χ1v) is 5.88. The molecule has 2 rings (SSSR count). The lowest BCUT2D eigenvalue weighted by Gasteiger charge is -2.10. The molecule has 0 fully saturated rings. The zero-order chi connectivity index (χ0) is 13.3. The number of hydrogen-bond donors (Lipinski definition) is 0. The molecule has 0 aliphatic carbocycles. The largest absolute Gasteiger partial charge is 0.406 e. The van der Waals surface area contributed by atoms with Crippen molar-refractivity contribution in [3.63, 3.8) is 0 Å². The van der Waals surface area contributed by atoms with E-state index < -0.39 is 12.7 Å². The van der Waals surface area contributed by atoms with Gasteiger partial charge in [0.05, 0.1) is 0 Å². The molecule has 0 atom stereocenters. The van der Waals surface area contributed by atoms with E-state index in [-0.39, 0.29) is 17.9 Å². The molecule has 3 nitrogen and oxygen atoms in total. The Balaban J connectivity index is 2.55. The Morgan fingerprint density at radius 2 is 2.11 bits per heavy atom. The van der Waals surface area contributed by atoms with Crippen molar-refractivity contribution in [2.24, 2.45) is 0 Å². The van der Waals surface area contributed by atoms with E-state index in [1.54, 1.807) is 6.07 Å². The van der Waals surface area contributed by atoms with Crippen molar-refractivity contribution < 1.29 is 13.2 Å². The van der Waals surface area contributed by atoms with Crippen molar-refractivity contribution in [3.8, 4) is 0 Å². The molecule has 2 aromatic heterocycles. The number of rotatable bonds is 3. The number of alkyl halides is 4. The molecule has 0 aromatic carbocycles. The van der Waals surface area contributed by atoms with E-state index in [1.807, 2.05) is 6.92 Å². The molecule has 0 saturated heterocycles. The summed E-state index contributed by atoms with van der Waals surface area (Å²) in [5, 5.41) is 0. The van der Waals surface area contributed by atoms with Crippen molar-refractivity contribution >= 4 is 22.8 Å². The van der Waals surface area contributed by atoms with Crippen LogP contribution in [0.3, 0.4) is 0 Å². The van der Waals surface area contributed by atoms with Crippen LogP contribution in [0.15, 0.2) is 12.3 Å². The molecule has 2 heterocycles. The summed E-state index contributed by atoms with van der Waals surface area (Å²) >= 11 is 5.58. The minimum atomic E-state index is -4.30. The molecule has 0 bridgehead atoms. The lowest BCUT2D eigenvalue weighted by atomic mass is 10.3. The molecule has 0 unspecified atom stereocenters. The van der Waals surface area contributed by atoms with E-state index >= 15 is 0 Å². The zero-order valence-electron chi connectivity index (χ0n) is 9.63. The minimum absolute atomic E-state index is 0.222. The summed E-state index contributed by atoms with van der Waals surface area (Å²) in [4.78, 5) is 8.19. The summed E-state index contributed by atoms with van der Waals surface area (Å²) in [6.07, 6.45) is -2.49. The van der Waals surface area contributed by atoms with Crippen LogP contribution in [0.4, 0.5) is 13.2 Å². The number of pyridine rings is 1. The maximum atomic E-state index is 12.5. The van der Waals surface area contributed by atoms with Crippen LogP contribution in [-0.4, -0.2) is 26.6 Å². The number of nitrogens with zero attached hydrogens (tertiary/aromatic N) is 3. The maximum Gasteiger partial charge on any atom is 0.406 e. The second-order valence-corrected chi connectivity index (χ2v) is 4.40. The predicted octanol–water partition coefficient (Wildman–Crippen LogP) is 3.08. The molecule has 0 radical (unpaired) electrons. The quantitative estimate of drug-likeness (QED) is 0.807. The second-order valence-electron chi connectivity index (χ2n) is 4.02. The van der Waals surface area contributed by atoms with Crippen molar-refractivity contribution in [2.75, 3.05) is 5.88 Å².